The second kappa shape index (κ2) is 8.09. The molecule has 0 spiro atoms. The predicted molar refractivity (Wildman–Crippen MR) is 102 cm³/mol. The zero-order valence-electron chi connectivity index (χ0n) is 14.4. The van der Waals surface area contributed by atoms with E-state index in [0.717, 1.165) is 11.1 Å². The topological polar surface area (TPSA) is 118 Å². The van der Waals surface area contributed by atoms with Crippen LogP contribution in [0.25, 0.3) is 0 Å². The Morgan fingerprint density at radius 2 is 1.78 bits per heavy atom. The molecule has 1 aromatic carbocycles. The van der Waals surface area contributed by atoms with E-state index in [-0.39, 0.29) is 17.3 Å². The largest absolute Gasteiger partial charge is 0.478 e. The molecule has 0 aliphatic rings. The average Bonchev–Trinajstić information content (AvgIpc) is 2.68. The highest BCUT2D eigenvalue weighted by Crippen LogP contribution is 2.16. The summed E-state index contributed by atoms with van der Waals surface area (Å²) in [5, 5.41) is 11.8. The van der Waals surface area contributed by atoms with Gasteiger partial charge in [0.25, 0.3) is 5.91 Å². The molecule has 0 atom stereocenters. The molecule has 0 saturated heterocycles. The van der Waals surface area contributed by atoms with Gasteiger partial charge in [-0.1, -0.05) is 12.1 Å². The summed E-state index contributed by atoms with van der Waals surface area (Å²) in [4.78, 5) is 31.5. The van der Waals surface area contributed by atoms with Gasteiger partial charge in [-0.3, -0.25) is 9.78 Å². The predicted octanol–water partition coefficient (Wildman–Crippen LogP) is 2.79. The average molecular weight is 362 g/mol. The first-order chi connectivity index (χ1) is 13.0. The number of amides is 1. The van der Waals surface area contributed by atoms with Crippen LogP contribution in [-0.4, -0.2) is 27.0 Å². The van der Waals surface area contributed by atoms with E-state index in [9.17, 15) is 9.59 Å². The molecule has 0 aliphatic carbocycles. The van der Waals surface area contributed by atoms with Crippen LogP contribution in [0.15, 0.2) is 61.1 Å². The number of anilines is 2. The van der Waals surface area contributed by atoms with Crippen molar-refractivity contribution < 1.29 is 14.7 Å². The summed E-state index contributed by atoms with van der Waals surface area (Å²) >= 11 is 0. The number of aryl methyl sites for hydroxylation is 2. The fraction of sp³-hybridized carbons (Fsp3) is 0.100. The molecule has 7 nitrogen and oxygen atoms in total. The van der Waals surface area contributed by atoms with Gasteiger partial charge in [-0.05, 0) is 54.3 Å². The number of pyridine rings is 2. The Kier molecular flexibility index (Phi) is 5.41. The minimum atomic E-state index is -0.957. The van der Waals surface area contributed by atoms with Crippen LogP contribution in [0.1, 0.15) is 31.8 Å². The number of nitrogen functional groups attached to an aromatic ring is 1. The van der Waals surface area contributed by atoms with Crippen LogP contribution in [-0.2, 0) is 12.8 Å². The summed E-state index contributed by atoms with van der Waals surface area (Å²) in [7, 11) is 0. The highest BCUT2D eigenvalue weighted by molar-refractivity contribution is 6.07. The fourth-order valence-electron chi connectivity index (χ4n) is 2.62. The molecule has 0 bridgehead atoms. The summed E-state index contributed by atoms with van der Waals surface area (Å²) in [6.45, 7) is 0. The summed E-state index contributed by atoms with van der Waals surface area (Å²) in [5.41, 5.74) is 8.75. The number of aromatic carboxylic acids is 1. The molecular formula is C20H18N4O3. The second-order valence-corrected chi connectivity index (χ2v) is 5.97. The van der Waals surface area contributed by atoms with E-state index in [2.05, 4.69) is 15.3 Å². The van der Waals surface area contributed by atoms with Crippen LogP contribution in [0.3, 0.4) is 0 Å². The van der Waals surface area contributed by atoms with Gasteiger partial charge in [0.2, 0.25) is 0 Å². The van der Waals surface area contributed by atoms with Crippen LogP contribution in [0.5, 0.6) is 0 Å². The van der Waals surface area contributed by atoms with Crippen LogP contribution < -0.4 is 11.1 Å². The monoisotopic (exact) mass is 362 g/mol. The third-order valence-electron chi connectivity index (χ3n) is 4.03. The van der Waals surface area contributed by atoms with Crippen molar-refractivity contribution in [2.24, 2.45) is 0 Å². The molecule has 0 unspecified atom stereocenters. The molecule has 0 saturated carbocycles. The van der Waals surface area contributed by atoms with Gasteiger partial charge in [-0.2, -0.15) is 0 Å². The third kappa shape index (κ3) is 4.66. The number of hydrogen-bond donors (Lipinski definition) is 3. The van der Waals surface area contributed by atoms with E-state index in [1.807, 2.05) is 6.07 Å². The minimum Gasteiger partial charge on any atom is -0.478 e. The molecule has 0 radical (unpaired) electrons. The lowest BCUT2D eigenvalue weighted by Crippen LogP contribution is -2.15. The number of carboxylic acid groups (broad SMARTS) is 1. The van der Waals surface area contributed by atoms with Crippen LogP contribution in [0.2, 0.25) is 0 Å². The van der Waals surface area contributed by atoms with Gasteiger partial charge in [0, 0.05) is 24.3 Å². The summed E-state index contributed by atoms with van der Waals surface area (Å²) in [6.07, 6.45) is 6.02. The van der Waals surface area contributed by atoms with Crippen molar-refractivity contribution in [1.29, 1.82) is 0 Å². The van der Waals surface area contributed by atoms with Crippen molar-refractivity contribution in [2.45, 2.75) is 12.8 Å². The standard InChI is InChI=1S/C20H18N4O3/c21-18-17(19(25)24-16-6-8-22-9-7-16)11-14(12-23-18)5-4-13-2-1-3-15(10-13)20(26)27/h1-3,6-12H,4-5H2,(H2,21,23)(H,26,27)(H,22,24,25). The first-order valence-electron chi connectivity index (χ1n) is 8.31. The molecule has 3 aromatic rings. The fourth-order valence-corrected chi connectivity index (χ4v) is 2.62. The summed E-state index contributed by atoms with van der Waals surface area (Å²) in [5.74, 6) is -1.15. The Labute approximate surface area is 155 Å². The van der Waals surface area contributed by atoms with Crippen LogP contribution in [0, 0.1) is 0 Å². The van der Waals surface area contributed by atoms with E-state index in [1.165, 1.54) is 0 Å². The number of aromatic nitrogens is 2. The van der Waals surface area contributed by atoms with Gasteiger partial charge in [-0.15, -0.1) is 0 Å². The maximum atomic E-state index is 12.5. The number of nitrogens with zero attached hydrogens (tertiary/aromatic N) is 2. The molecule has 3 rings (SSSR count). The van der Waals surface area contributed by atoms with Crippen molar-refractivity contribution in [3.63, 3.8) is 0 Å². The number of benzene rings is 1. The Morgan fingerprint density at radius 3 is 2.52 bits per heavy atom. The normalized spacial score (nSPS) is 10.4. The number of carboxylic acids is 1. The van der Waals surface area contributed by atoms with Gasteiger partial charge >= 0.3 is 5.97 Å². The summed E-state index contributed by atoms with van der Waals surface area (Å²) in [6, 6.07) is 11.9. The van der Waals surface area contributed by atoms with Crippen molar-refractivity contribution in [2.75, 3.05) is 11.1 Å². The minimum absolute atomic E-state index is 0.151. The molecule has 2 heterocycles. The smallest absolute Gasteiger partial charge is 0.335 e. The maximum absolute atomic E-state index is 12.5. The number of hydrogen-bond acceptors (Lipinski definition) is 5. The van der Waals surface area contributed by atoms with Gasteiger partial charge in [0.1, 0.15) is 5.82 Å². The molecule has 2 aromatic heterocycles. The van der Waals surface area contributed by atoms with Crippen molar-refractivity contribution >= 4 is 23.4 Å². The van der Waals surface area contributed by atoms with Gasteiger partial charge < -0.3 is 16.2 Å². The zero-order valence-corrected chi connectivity index (χ0v) is 14.4. The Balaban J connectivity index is 1.72. The lowest BCUT2D eigenvalue weighted by molar-refractivity contribution is 0.0696. The van der Waals surface area contributed by atoms with Crippen LogP contribution >= 0.6 is 0 Å². The number of carbonyl (C=O) groups excluding carboxylic acids is 1. The van der Waals surface area contributed by atoms with E-state index >= 15 is 0 Å². The summed E-state index contributed by atoms with van der Waals surface area (Å²) < 4.78 is 0. The van der Waals surface area contributed by atoms with Crippen molar-refractivity contribution in [1.82, 2.24) is 9.97 Å². The van der Waals surface area contributed by atoms with Gasteiger partial charge in [-0.25, -0.2) is 9.78 Å². The van der Waals surface area contributed by atoms with E-state index in [0.29, 0.717) is 24.1 Å². The van der Waals surface area contributed by atoms with Crippen LogP contribution in [0.4, 0.5) is 11.5 Å². The van der Waals surface area contributed by atoms with Gasteiger partial charge in [0.15, 0.2) is 0 Å². The number of nitrogens with one attached hydrogen (secondary N) is 1. The quantitative estimate of drug-likeness (QED) is 0.620. The van der Waals surface area contributed by atoms with Gasteiger partial charge in [0.05, 0.1) is 11.1 Å². The van der Waals surface area contributed by atoms with E-state index in [1.54, 1.807) is 55.0 Å². The lowest BCUT2D eigenvalue weighted by atomic mass is 10.0. The highest BCUT2D eigenvalue weighted by Gasteiger charge is 2.12. The molecule has 0 fully saturated rings. The first kappa shape index (κ1) is 18.1. The van der Waals surface area contributed by atoms with Crippen molar-refractivity contribution in [3.8, 4) is 0 Å². The number of nitrogens with two attached hydrogens (primary N) is 1. The third-order valence-corrected chi connectivity index (χ3v) is 4.03. The Morgan fingerprint density at radius 1 is 1.04 bits per heavy atom. The number of rotatable bonds is 6. The second-order valence-electron chi connectivity index (χ2n) is 5.97. The molecule has 27 heavy (non-hydrogen) atoms. The molecular weight excluding hydrogens is 344 g/mol. The molecule has 0 aliphatic heterocycles. The number of carbonyl (C=O) groups is 2. The van der Waals surface area contributed by atoms with Crippen molar-refractivity contribution in [3.05, 3.63) is 83.3 Å². The lowest BCUT2D eigenvalue weighted by Gasteiger charge is -2.09. The Hall–Kier alpha value is -3.74. The molecule has 136 valence electrons. The SMILES string of the molecule is Nc1ncc(CCc2cccc(C(=O)O)c2)cc1C(=O)Nc1ccncc1. The van der Waals surface area contributed by atoms with E-state index in [4.69, 9.17) is 10.8 Å². The maximum Gasteiger partial charge on any atom is 0.335 e. The molecule has 1 amide bonds. The van der Waals surface area contributed by atoms with E-state index < -0.39 is 5.97 Å². The Bertz CT molecular complexity index is 974. The highest BCUT2D eigenvalue weighted by atomic mass is 16.4. The molecule has 7 heteroatoms. The zero-order chi connectivity index (χ0) is 19.2. The molecule has 4 N–H and O–H groups in total. The first-order valence-corrected chi connectivity index (χ1v) is 8.31.